The number of urea groups is 2. The van der Waals surface area contributed by atoms with E-state index in [9.17, 15) is 24.0 Å². The molecule has 1 saturated heterocycles. The van der Waals surface area contributed by atoms with Crippen molar-refractivity contribution in [2.75, 3.05) is 19.7 Å². The van der Waals surface area contributed by atoms with Gasteiger partial charge in [0.2, 0.25) is 0 Å². The molecule has 0 aromatic heterocycles. The Morgan fingerprint density at radius 2 is 2.03 bits per heavy atom. The van der Waals surface area contributed by atoms with Gasteiger partial charge in [-0.3, -0.25) is 24.6 Å². The molecule has 1 fully saturated rings. The Morgan fingerprint density at radius 3 is 2.66 bits per heavy atom. The molecule has 29 heavy (non-hydrogen) atoms. The fourth-order valence-electron chi connectivity index (χ4n) is 3.13. The lowest BCUT2D eigenvalue weighted by Gasteiger charge is -2.18. The molecule has 2 aliphatic rings. The first-order valence-corrected chi connectivity index (χ1v) is 9.80. The predicted octanol–water partition coefficient (Wildman–Crippen LogP) is 0.966. The number of nitrogens with zero attached hydrogens (tertiary/aromatic N) is 1. The van der Waals surface area contributed by atoms with E-state index in [4.69, 9.17) is 4.74 Å². The Hall–Kier alpha value is -2.91. The van der Waals surface area contributed by atoms with Gasteiger partial charge in [-0.05, 0) is 45.4 Å². The molecule has 0 aromatic rings. The third kappa shape index (κ3) is 6.30. The summed E-state index contributed by atoms with van der Waals surface area (Å²) < 4.78 is 4.75. The molecule has 2 rings (SSSR count). The molecule has 6 amide bonds. The summed E-state index contributed by atoms with van der Waals surface area (Å²) in [6, 6.07) is -1.36. The Balaban J connectivity index is 1.66. The van der Waals surface area contributed by atoms with E-state index >= 15 is 0 Å². The lowest BCUT2D eigenvalue weighted by molar-refractivity contribution is -0.150. The second-order valence-corrected chi connectivity index (χ2v) is 7.33. The number of rotatable bonds is 8. The van der Waals surface area contributed by atoms with E-state index in [-0.39, 0.29) is 0 Å². The molecule has 0 aromatic carbocycles. The minimum atomic E-state index is -1.06. The fourth-order valence-corrected chi connectivity index (χ4v) is 3.13. The van der Waals surface area contributed by atoms with Crippen LogP contribution in [0.1, 0.15) is 52.4 Å². The van der Waals surface area contributed by atoms with Crippen LogP contribution in [0.15, 0.2) is 11.6 Å². The zero-order valence-electron chi connectivity index (χ0n) is 16.8. The van der Waals surface area contributed by atoms with Crippen LogP contribution >= 0.6 is 0 Å². The number of esters is 1. The van der Waals surface area contributed by atoms with Crippen molar-refractivity contribution in [1.29, 1.82) is 0 Å². The van der Waals surface area contributed by atoms with Gasteiger partial charge in [0.1, 0.15) is 12.1 Å². The predicted molar refractivity (Wildman–Crippen MR) is 103 cm³/mol. The molecule has 160 valence electrons. The van der Waals surface area contributed by atoms with Crippen LogP contribution in [0.5, 0.6) is 0 Å². The van der Waals surface area contributed by atoms with Gasteiger partial charge < -0.3 is 15.4 Å². The van der Waals surface area contributed by atoms with E-state index in [0.29, 0.717) is 13.0 Å². The molecule has 1 heterocycles. The van der Waals surface area contributed by atoms with Crippen LogP contribution in [0.4, 0.5) is 9.59 Å². The molecule has 0 spiro atoms. The van der Waals surface area contributed by atoms with Crippen molar-refractivity contribution in [2.45, 2.75) is 57.9 Å². The summed E-state index contributed by atoms with van der Waals surface area (Å²) in [5.41, 5.74) is 0.247. The van der Waals surface area contributed by atoms with Gasteiger partial charge in [-0.15, -0.1) is 0 Å². The van der Waals surface area contributed by atoms with Crippen LogP contribution < -0.4 is 16.0 Å². The SMILES string of the molecule is CC[C@@]1(C)NC(=O)N(CC(=O)OCC(=O)NC(=O)NCCC2=CCCCC2)C1=O. The molecule has 3 N–H and O–H groups in total. The van der Waals surface area contributed by atoms with Crippen molar-refractivity contribution in [3.05, 3.63) is 11.6 Å². The number of carbonyl (C=O) groups excluding carboxylic acids is 5. The van der Waals surface area contributed by atoms with Crippen LogP contribution in [-0.2, 0) is 19.1 Å². The van der Waals surface area contributed by atoms with Gasteiger partial charge >= 0.3 is 18.0 Å². The summed E-state index contributed by atoms with van der Waals surface area (Å²) in [6.07, 6.45) is 7.74. The topological polar surface area (TPSA) is 134 Å². The van der Waals surface area contributed by atoms with Gasteiger partial charge in [-0.2, -0.15) is 0 Å². The van der Waals surface area contributed by atoms with E-state index in [2.05, 4.69) is 22.0 Å². The first kappa shape index (κ1) is 22.4. The molecular formula is C19H28N4O6. The number of ether oxygens (including phenoxy) is 1. The summed E-state index contributed by atoms with van der Waals surface area (Å²) in [5, 5.41) is 7.15. The van der Waals surface area contributed by atoms with Crippen molar-refractivity contribution in [1.82, 2.24) is 20.9 Å². The lowest BCUT2D eigenvalue weighted by Crippen LogP contribution is -2.44. The van der Waals surface area contributed by atoms with E-state index in [1.54, 1.807) is 13.8 Å². The monoisotopic (exact) mass is 408 g/mol. The van der Waals surface area contributed by atoms with Gasteiger partial charge in [0.25, 0.3) is 11.8 Å². The maximum atomic E-state index is 12.2. The summed E-state index contributed by atoms with van der Waals surface area (Å²) in [4.78, 5) is 60.1. The van der Waals surface area contributed by atoms with Gasteiger partial charge in [-0.25, -0.2) is 9.59 Å². The van der Waals surface area contributed by atoms with Crippen LogP contribution in [0.2, 0.25) is 0 Å². The second-order valence-electron chi connectivity index (χ2n) is 7.33. The van der Waals surface area contributed by atoms with E-state index in [0.717, 1.165) is 30.6 Å². The Kier molecular flexibility index (Phi) is 7.74. The normalized spacial score (nSPS) is 21.3. The largest absolute Gasteiger partial charge is 0.454 e. The minimum Gasteiger partial charge on any atom is -0.454 e. The van der Waals surface area contributed by atoms with Gasteiger partial charge in [0.15, 0.2) is 6.61 Å². The highest BCUT2D eigenvalue weighted by Crippen LogP contribution is 2.20. The fraction of sp³-hybridized carbons (Fsp3) is 0.632. The van der Waals surface area contributed by atoms with Crippen LogP contribution in [0, 0.1) is 0 Å². The number of nitrogens with one attached hydrogen (secondary N) is 3. The molecule has 10 heteroatoms. The van der Waals surface area contributed by atoms with E-state index < -0.39 is 48.5 Å². The number of hydrogen-bond donors (Lipinski definition) is 3. The third-order valence-corrected chi connectivity index (χ3v) is 5.07. The number of allylic oxidation sites excluding steroid dienone is 1. The Morgan fingerprint density at radius 1 is 1.28 bits per heavy atom. The summed E-state index contributed by atoms with van der Waals surface area (Å²) in [7, 11) is 0. The molecule has 1 aliphatic heterocycles. The van der Waals surface area contributed by atoms with Crippen molar-refractivity contribution in [3.8, 4) is 0 Å². The van der Waals surface area contributed by atoms with Crippen molar-refractivity contribution < 1.29 is 28.7 Å². The van der Waals surface area contributed by atoms with Crippen LogP contribution in [-0.4, -0.2) is 60.0 Å². The van der Waals surface area contributed by atoms with Crippen LogP contribution in [0.3, 0.4) is 0 Å². The molecule has 1 aliphatic carbocycles. The van der Waals surface area contributed by atoms with E-state index in [1.165, 1.54) is 12.0 Å². The van der Waals surface area contributed by atoms with E-state index in [1.807, 2.05) is 0 Å². The smallest absolute Gasteiger partial charge is 0.326 e. The maximum absolute atomic E-state index is 12.2. The lowest BCUT2D eigenvalue weighted by atomic mass is 9.97. The first-order chi connectivity index (χ1) is 13.7. The molecule has 0 saturated carbocycles. The quantitative estimate of drug-likeness (QED) is 0.311. The third-order valence-electron chi connectivity index (χ3n) is 5.07. The number of imide groups is 2. The molecule has 1 atom stereocenters. The molecule has 0 bridgehead atoms. The summed E-state index contributed by atoms with van der Waals surface area (Å²) in [6.45, 7) is 2.42. The number of hydrogen-bond acceptors (Lipinski definition) is 6. The van der Waals surface area contributed by atoms with Crippen molar-refractivity contribution in [2.24, 2.45) is 0 Å². The van der Waals surface area contributed by atoms with Crippen molar-refractivity contribution >= 4 is 29.8 Å². The summed E-state index contributed by atoms with van der Waals surface area (Å²) in [5.74, 6) is -2.25. The average molecular weight is 408 g/mol. The minimum absolute atomic E-state index is 0.373. The summed E-state index contributed by atoms with van der Waals surface area (Å²) >= 11 is 0. The number of amides is 6. The zero-order valence-corrected chi connectivity index (χ0v) is 16.8. The second kappa shape index (κ2) is 10.0. The Labute approximate surface area is 169 Å². The highest BCUT2D eigenvalue weighted by Gasteiger charge is 2.47. The first-order valence-electron chi connectivity index (χ1n) is 9.80. The van der Waals surface area contributed by atoms with Gasteiger partial charge in [0, 0.05) is 6.54 Å². The van der Waals surface area contributed by atoms with Gasteiger partial charge in [-0.1, -0.05) is 18.6 Å². The molecule has 0 radical (unpaired) electrons. The Bertz CT molecular complexity index is 719. The molecular weight excluding hydrogens is 380 g/mol. The average Bonchev–Trinajstić information content (AvgIpc) is 2.91. The zero-order chi connectivity index (χ0) is 21.4. The van der Waals surface area contributed by atoms with Crippen LogP contribution in [0.25, 0.3) is 0 Å². The van der Waals surface area contributed by atoms with Gasteiger partial charge in [0.05, 0.1) is 0 Å². The standard InChI is InChI=1S/C19H28N4O6/c1-3-19(2)16(26)23(18(28)22-19)11-15(25)29-12-14(24)21-17(27)20-10-9-13-7-5-4-6-8-13/h7H,3-6,8-12H2,1-2H3,(H,22,28)(H2,20,21,24,27)/t19-/m1/s1. The van der Waals surface area contributed by atoms with Crippen molar-refractivity contribution in [3.63, 3.8) is 0 Å². The number of carbonyl (C=O) groups is 5. The molecule has 10 nitrogen and oxygen atoms in total. The molecule has 0 unspecified atom stereocenters. The maximum Gasteiger partial charge on any atom is 0.326 e. The highest BCUT2D eigenvalue weighted by atomic mass is 16.5. The highest BCUT2D eigenvalue weighted by molar-refractivity contribution is 6.08.